The van der Waals surface area contributed by atoms with Crippen molar-refractivity contribution in [2.45, 2.75) is 52.4 Å². The Morgan fingerprint density at radius 1 is 0.966 bits per heavy atom. The van der Waals surface area contributed by atoms with Crippen LogP contribution in [0.5, 0.6) is 11.5 Å². The maximum atomic E-state index is 12.0. The molecule has 0 atom stereocenters. The predicted molar refractivity (Wildman–Crippen MR) is 118 cm³/mol. The maximum absolute atomic E-state index is 12.0. The van der Waals surface area contributed by atoms with Crippen LogP contribution in [-0.2, 0) is 11.2 Å². The minimum Gasteiger partial charge on any atom is -0.493 e. The van der Waals surface area contributed by atoms with Crippen molar-refractivity contribution in [3.05, 3.63) is 59.7 Å². The molecule has 2 aromatic carbocycles. The Labute approximate surface area is 174 Å². The molecular weight excluding hydrogens is 364 g/mol. The van der Waals surface area contributed by atoms with Crippen molar-refractivity contribution in [2.75, 3.05) is 13.2 Å². The number of carbonyl (C=O) groups is 1. The third-order valence-corrected chi connectivity index (χ3v) is 4.40. The van der Waals surface area contributed by atoms with Gasteiger partial charge in [-0.2, -0.15) is 5.10 Å². The molecule has 2 rings (SSSR count). The van der Waals surface area contributed by atoms with E-state index >= 15 is 0 Å². The van der Waals surface area contributed by atoms with Gasteiger partial charge in [0.2, 0.25) is 0 Å². The molecule has 0 radical (unpaired) electrons. The third-order valence-electron chi connectivity index (χ3n) is 4.40. The van der Waals surface area contributed by atoms with E-state index in [0.29, 0.717) is 12.4 Å². The van der Waals surface area contributed by atoms with Gasteiger partial charge < -0.3 is 9.47 Å². The molecule has 5 heteroatoms. The summed E-state index contributed by atoms with van der Waals surface area (Å²) in [6.45, 7) is 4.94. The number of hydrogen-bond acceptors (Lipinski definition) is 4. The highest BCUT2D eigenvalue weighted by molar-refractivity contribution is 5.85. The summed E-state index contributed by atoms with van der Waals surface area (Å²) in [5, 5.41) is 4.03. The van der Waals surface area contributed by atoms with E-state index in [1.807, 2.05) is 48.5 Å². The fourth-order valence-corrected chi connectivity index (χ4v) is 2.83. The van der Waals surface area contributed by atoms with Crippen LogP contribution in [0.3, 0.4) is 0 Å². The Kier molecular flexibility index (Phi) is 10.4. The lowest BCUT2D eigenvalue weighted by Crippen LogP contribution is -2.24. The number of unbranched alkanes of at least 4 members (excludes halogenated alkanes) is 3. The molecule has 0 aliphatic carbocycles. The summed E-state index contributed by atoms with van der Waals surface area (Å²) in [5.74, 6) is 1.13. The van der Waals surface area contributed by atoms with Gasteiger partial charge >= 0.3 is 0 Å². The highest BCUT2D eigenvalue weighted by atomic mass is 16.5. The van der Waals surface area contributed by atoms with Gasteiger partial charge in [0.25, 0.3) is 5.91 Å². The third kappa shape index (κ3) is 8.81. The zero-order valence-corrected chi connectivity index (χ0v) is 17.5. The molecule has 1 amide bonds. The standard InChI is InChI=1S/C24H32N2O3/c1-3-5-6-9-17-28-23-12-8-7-11-21(23)18-25-26-24(27)19-29-22-15-13-20(10-4-2)14-16-22/h7-8,11-16,18H,3-6,9-10,17,19H2,1-2H3,(H,26,27)/b25-18+. The molecule has 5 nitrogen and oxygen atoms in total. The Balaban J connectivity index is 1.76. The summed E-state index contributed by atoms with van der Waals surface area (Å²) in [6, 6.07) is 15.5. The molecule has 1 N–H and O–H groups in total. The van der Waals surface area contributed by atoms with Crippen LogP contribution < -0.4 is 14.9 Å². The zero-order chi connectivity index (χ0) is 20.7. The van der Waals surface area contributed by atoms with E-state index in [-0.39, 0.29) is 12.5 Å². The summed E-state index contributed by atoms with van der Waals surface area (Å²) in [7, 11) is 0. The van der Waals surface area contributed by atoms with Crippen molar-refractivity contribution in [3.63, 3.8) is 0 Å². The first-order chi connectivity index (χ1) is 14.2. The number of nitrogens with zero attached hydrogens (tertiary/aromatic N) is 1. The largest absolute Gasteiger partial charge is 0.493 e. The minimum absolute atomic E-state index is 0.0833. The van der Waals surface area contributed by atoms with Gasteiger partial charge in [0, 0.05) is 5.56 Å². The normalized spacial score (nSPS) is 10.8. The number of hydrazone groups is 1. The van der Waals surface area contributed by atoms with E-state index in [2.05, 4.69) is 24.4 Å². The van der Waals surface area contributed by atoms with E-state index in [9.17, 15) is 4.79 Å². The molecule has 0 unspecified atom stereocenters. The Bertz CT molecular complexity index is 757. The SMILES string of the molecule is CCCCCCOc1ccccc1/C=N/NC(=O)COc1ccc(CCC)cc1. The van der Waals surface area contributed by atoms with Gasteiger partial charge in [-0.1, -0.05) is 63.8 Å². The van der Waals surface area contributed by atoms with Gasteiger partial charge in [-0.05, 0) is 42.7 Å². The molecular formula is C24H32N2O3. The number of rotatable bonds is 13. The van der Waals surface area contributed by atoms with Gasteiger partial charge in [-0.3, -0.25) is 4.79 Å². The molecule has 0 aromatic heterocycles. The average Bonchev–Trinajstić information content (AvgIpc) is 2.74. The van der Waals surface area contributed by atoms with Crippen molar-refractivity contribution in [1.82, 2.24) is 5.43 Å². The monoisotopic (exact) mass is 396 g/mol. The average molecular weight is 397 g/mol. The van der Waals surface area contributed by atoms with Gasteiger partial charge in [0.15, 0.2) is 6.61 Å². The van der Waals surface area contributed by atoms with Crippen LogP contribution in [0.25, 0.3) is 0 Å². The first-order valence-corrected chi connectivity index (χ1v) is 10.5. The van der Waals surface area contributed by atoms with Crippen LogP contribution in [0, 0.1) is 0 Å². The summed E-state index contributed by atoms with van der Waals surface area (Å²) >= 11 is 0. The molecule has 156 valence electrons. The molecule has 29 heavy (non-hydrogen) atoms. The number of ether oxygens (including phenoxy) is 2. The lowest BCUT2D eigenvalue weighted by Gasteiger charge is -2.09. The Morgan fingerprint density at radius 3 is 2.52 bits per heavy atom. The fraction of sp³-hybridized carbons (Fsp3) is 0.417. The van der Waals surface area contributed by atoms with Crippen molar-refractivity contribution < 1.29 is 14.3 Å². The number of benzene rings is 2. The fourth-order valence-electron chi connectivity index (χ4n) is 2.83. The molecule has 2 aromatic rings. The maximum Gasteiger partial charge on any atom is 0.277 e. The highest BCUT2D eigenvalue weighted by Crippen LogP contribution is 2.16. The number of para-hydroxylation sites is 1. The molecule has 0 fully saturated rings. The molecule has 0 saturated heterocycles. The predicted octanol–water partition coefficient (Wildman–Crippen LogP) is 5.13. The van der Waals surface area contributed by atoms with Gasteiger partial charge in [-0.15, -0.1) is 0 Å². The topological polar surface area (TPSA) is 59.9 Å². The first kappa shape index (κ1) is 22.5. The molecule has 0 aliphatic rings. The van der Waals surface area contributed by atoms with Crippen LogP contribution in [0.2, 0.25) is 0 Å². The summed E-state index contributed by atoms with van der Waals surface area (Å²) in [5.41, 5.74) is 4.59. The van der Waals surface area contributed by atoms with E-state index in [0.717, 1.165) is 30.6 Å². The second-order valence-corrected chi connectivity index (χ2v) is 6.92. The van der Waals surface area contributed by atoms with Gasteiger partial charge in [-0.25, -0.2) is 5.43 Å². The van der Waals surface area contributed by atoms with E-state index in [4.69, 9.17) is 9.47 Å². The lowest BCUT2D eigenvalue weighted by atomic mass is 10.1. The van der Waals surface area contributed by atoms with Crippen molar-refractivity contribution >= 4 is 12.1 Å². The Morgan fingerprint density at radius 2 is 1.76 bits per heavy atom. The molecule has 0 spiro atoms. The summed E-state index contributed by atoms with van der Waals surface area (Å²) < 4.78 is 11.3. The first-order valence-electron chi connectivity index (χ1n) is 10.5. The summed E-state index contributed by atoms with van der Waals surface area (Å²) in [4.78, 5) is 12.0. The second kappa shape index (κ2) is 13.4. The number of aryl methyl sites for hydroxylation is 1. The molecule has 0 heterocycles. The van der Waals surface area contributed by atoms with Crippen LogP contribution >= 0.6 is 0 Å². The molecule has 0 bridgehead atoms. The second-order valence-electron chi connectivity index (χ2n) is 6.92. The minimum atomic E-state index is -0.308. The van der Waals surface area contributed by atoms with E-state index < -0.39 is 0 Å². The number of carbonyl (C=O) groups excluding carboxylic acids is 1. The van der Waals surface area contributed by atoms with E-state index in [1.165, 1.54) is 24.8 Å². The van der Waals surface area contributed by atoms with Gasteiger partial charge in [0.1, 0.15) is 11.5 Å². The molecule has 0 aliphatic heterocycles. The van der Waals surface area contributed by atoms with Gasteiger partial charge in [0.05, 0.1) is 12.8 Å². The highest BCUT2D eigenvalue weighted by Gasteiger charge is 2.03. The quantitative estimate of drug-likeness (QED) is 0.290. The Hall–Kier alpha value is -2.82. The number of amides is 1. The summed E-state index contributed by atoms with van der Waals surface area (Å²) in [6.07, 6.45) is 8.38. The van der Waals surface area contributed by atoms with Crippen LogP contribution in [0.15, 0.2) is 53.6 Å². The molecule has 0 saturated carbocycles. The number of hydrogen-bond donors (Lipinski definition) is 1. The lowest BCUT2D eigenvalue weighted by molar-refractivity contribution is -0.123. The van der Waals surface area contributed by atoms with E-state index in [1.54, 1.807) is 6.21 Å². The smallest absolute Gasteiger partial charge is 0.277 e. The van der Waals surface area contributed by atoms with Crippen LogP contribution in [0.1, 0.15) is 57.1 Å². The van der Waals surface area contributed by atoms with Crippen molar-refractivity contribution in [1.29, 1.82) is 0 Å². The van der Waals surface area contributed by atoms with Crippen molar-refractivity contribution in [3.8, 4) is 11.5 Å². The number of nitrogens with one attached hydrogen (secondary N) is 1. The van der Waals surface area contributed by atoms with Crippen LogP contribution in [-0.4, -0.2) is 25.3 Å². The zero-order valence-electron chi connectivity index (χ0n) is 17.5. The van der Waals surface area contributed by atoms with Crippen molar-refractivity contribution in [2.24, 2.45) is 5.10 Å². The van der Waals surface area contributed by atoms with Crippen LogP contribution in [0.4, 0.5) is 0 Å².